The van der Waals surface area contributed by atoms with Crippen LogP contribution in [-0.2, 0) is 7.05 Å². The highest BCUT2D eigenvalue weighted by molar-refractivity contribution is 5.66. The van der Waals surface area contributed by atoms with Crippen LogP contribution < -0.4 is 10.5 Å². The SMILES string of the molecule is COc1c(N)ncnc1-c1nccn1C. The molecule has 6 nitrogen and oxygen atoms in total. The highest BCUT2D eigenvalue weighted by atomic mass is 16.5. The molecule has 0 bridgehead atoms. The molecule has 2 aromatic rings. The summed E-state index contributed by atoms with van der Waals surface area (Å²) in [6, 6.07) is 0. The Morgan fingerprint density at radius 1 is 1.33 bits per heavy atom. The van der Waals surface area contributed by atoms with Crippen LogP contribution >= 0.6 is 0 Å². The van der Waals surface area contributed by atoms with Gasteiger partial charge in [-0.1, -0.05) is 0 Å². The monoisotopic (exact) mass is 205 g/mol. The third-order valence-corrected chi connectivity index (χ3v) is 2.07. The van der Waals surface area contributed by atoms with Crippen LogP contribution in [0.15, 0.2) is 18.7 Å². The first kappa shape index (κ1) is 9.45. The van der Waals surface area contributed by atoms with Crippen LogP contribution in [0.3, 0.4) is 0 Å². The number of rotatable bonds is 2. The van der Waals surface area contributed by atoms with E-state index in [0.29, 0.717) is 23.1 Å². The fourth-order valence-corrected chi connectivity index (χ4v) is 1.34. The Kier molecular flexibility index (Phi) is 2.24. The van der Waals surface area contributed by atoms with Crippen LogP contribution in [0.5, 0.6) is 5.75 Å². The zero-order valence-corrected chi connectivity index (χ0v) is 8.51. The second-order valence-electron chi connectivity index (χ2n) is 3.00. The molecule has 0 spiro atoms. The maximum absolute atomic E-state index is 5.67. The van der Waals surface area contributed by atoms with Gasteiger partial charge in [-0.15, -0.1) is 0 Å². The molecule has 0 fully saturated rings. The summed E-state index contributed by atoms with van der Waals surface area (Å²) in [6.45, 7) is 0. The molecular weight excluding hydrogens is 194 g/mol. The quantitative estimate of drug-likeness (QED) is 0.770. The van der Waals surface area contributed by atoms with E-state index in [1.165, 1.54) is 13.4 Å². The van der Waals surface area contributed by atoms with E-state index in [-0.39, 0.29) is 0 Å². The van der Waals surface area contributed by atoms with Gasteiger partial charge in [0.2, 0.25) is 0 Å². The molecular formula is C9H11N5O. The summed E-state index contributed by atoms with van der Waals surface area (Å²) in [4.78, 5) is 12.1. The fourth-order valence-electron chi connectivity index (χ4n) is 1.34. The second-order valence-corrected chi connectivity index (χ2v) is 3.00. The predicted molar refractivity (Wildman–Crippen MR) is 55.2 cm³/mol. The molecule has 2 aromatic heterocycles. The molecule has 0 aliphatic rings. The smallest absolute Gasteiger partial charge is 0.190 e. The van der Waals surface area contributed by atoms with Crippen LogP contribution in [0.2, 0.25) is 0 Å². The van der Waals surface area contributed by atoms with Gasteiger partial charge in [-0.3, -0.25) is 0 Å². The number of hydrogen-bond donors (Lipinski definition) is 1. The first-order chi connectivity index (χ1) is 7.24. The number of nitrogens with zero attached hydrogens (tertiary/aromatic N) is 4. The minimum atomic E-state index is 0.311. The second kappa shape index (κ2) is 3.56. The highest BCUT2D eigenvalue weighted by Crippen LogP contribution is 2.29. The number of ether oxygens (including phenoxy) is 1. The molecule has 0 aliphatic heterocycles. The Morgan fingerprint density at radius 3 is 2.73 bits per heavy atom. The number of imidazole rings is 1. The summed E-state index contributed by atoms with van der Waals surface area (Å²) in [5, 5.41) is 0. The molecule has 15 heavy (non-hydrogen) atoms. The maximum Gasteiger partial charge on any atom is 0.190 e. The number of nitrogens with two attached hydrogens (primary N) is 1. The standard InChI is InChI=1S/C9H11N5O/c1-14-4-3-11-9(14)6-7(15-2)8(10)13-5-12-6/h3-5H,1-2H3,(H2,10,12,13). The van der Waals surface area contributed by atoms with Crippen LogP contribution in [-0.4, -0.2) is 26.6 Å². The van der Waals surface area contributed by atoms with Crippen LogP contribution in [0.4, 0.5) is 5.82 Å². The van der Waals surface area contributed by atoms with E-state index in [1.807, 2.05) is 17.8 Å². The van der Waals surface area contributed by atoms with Gasteiger partial charge in [0.1, 0.15) is 6.33 Å². The molecule has 6 heteroatoms. The summed E-state index contributed by atoms with van der Waals surface area (Å²) >= 11 is 0. The van der Waals surface area contributed by atoms with Crippen molar-refractivity contribution in [1.82, 2.24) is 19.5 Å². The number of anilines is 1. The summed E-state index contributed by atoms with van der Waals surface area (Å²) in [5.41, 5.74) is 6.27. The molecule has 0 amide bonds. The van der Waals surface area contributed by atoms with Gasteiger partial charge >= 0.3 is 0 Å². The lowest BCUT2D eigenvalue weighted by Crippen LogP contribution is -2.02. The fraction of sp³-hybridized carbons (Fsp3) is 0.222. The van der Waals surface area contributed by atoms with Crippen molar-refractivity contribution in [3.05, 3.63) is 18.7 Å². The summed E-state index contributed by atoms with van der Waals surface area (Å²) in [5.74, 6) is 1.46. The van der Waals surface area contributed by atoms with Crippen LogP contribution in [0.25, 0.3) is 11.5 Å². The van der Waals surface area contributed by atoms with E-state index in [2.05, 4.69) is 15.0 Å². The van der Waals surface area contributed by atoms with Crippen molar-refractivity contribution < 1.29 is 4.74 Å². The molecule has 78 valence electrons. The third kappa shape index (κ3) is 1.50. The van der Waals surface area contributed by atoms with Crippen molar-refractivity contribution in [1.29, 1.82) is 0 Å². The molecule has 2 rings (SSSR count). The first-order valence-electron chi connectivity index (χ1n) is 4.36. The molecule has 2 N–H and O–H groups in total. The number of aromatic nitrogens is 4. The highest BCUT2D eigenvalue weighted by Gasteiger charge is 2.14. The number of aryl methyl sites for hydroxylation is 1. The molecule has 0 saturated heterocycles. The van der Waals surface area contributed by atoms with Crippen molar-refractivity contribution in [3.63, 3.8) is 0 Å². The number of hydrogen-bond acceptors (Lipinski definition) is 5. The lowest BCUT2D eigenvalue weighted by molar-refractivity contribution is 0.414. The molecule has 0 aliphatic carbocycles. The number of methoxy groups -OCH3 is 1. The van der Waals surface area contributed by atoms with Gasteiger partial charge < -0.3 is 15.0 Å². The van der Waals surface area contributed by atoms with Gasteiger partial charge in [-0.05, 0) is 0 Å². The zero-order chi connectivity index (χ0) is 10.8. The summed E-state index contributed by atoms with van der Waals surface area (Å²) < 4.78 is 6.99. The Bertz CT molecular complexity index is 479. The third-order valence-electron chi connectivity index (χ3n) is 2.07. The van der Waals surface area contributed by atoms with Crippen molar-refractivity contribution in [2.24, 2.45) is 7.05 Å². The van der Waals surface area contributed by atoms with E-state index in [9.17, 15) is 0 Å². The van der Waals surface area contributed by atoms with Gasteiger partial charge in [0.25, 0.3) is 0 Å². The molecule has 0 unspecified atom stereocenters. The van der Waals surface area contributed by atoms with Crippen molar-refractivity contribution in [2.45, 2.75) is 0 Å². The van der Waals surface area contributed by atoms with E-state index in [4.69, 9.17) is 10.5 Å². The van der Waals surface area contributed by atoms with E-state index >= 15 is 0 Å². The number of nitrogen functional groups attached to an aromatic ring is 1. The van der Waals surface area contributed by atoms with Crippen molar-refractivity contribution in [2.75, 3.05) is 12.8 Å². The Labute approximate surface area is 86.7 Å². The zero-order valence-electron chi connectivity index (χ0n) is 8.51. The topological polar surface area (TPSA) is 78.8 Å². The largest absolute Gasteiger partial charge is 0.491 e. The van der Waals surface area contributed by atoms with Crippen molar-refractivity contribution in [3.8, 4) is 17.3 Å². The van der Waals surface area contributed by atoms with E-state index in [1.54, 1.807) is 6.20 Å². The van der Waals surface area contributed by atoms with Crippen LogP contribution in [0.1, 0.15) is 0 Å². The Hall–Kier alpha value is -2.11. The van der Waals surface area contributed by atoms with Gasteiger partial charge in [0.05, 0.1) is 7.11 Å². The molecule has 0 atom stereocenters. The Balaban J connectivity index is 2.63. The summed E-state index contributed by atoms with van der Waals surface area (Å²) in [6.07, 6.45) is 4.90. The van der Waals surface area contributed by atoms with Gasteiger partial charge in [-0.2, -0.15) is 0 Å². The van der Waals surface area contributed by atoms with E-state index in [0.717, 1.165) is 0 Å². The molecule has 0 saturated carbocycles. The normalized spacial score (nSPS) is 10.3. The lowest BCUT2D eigenvalue weighted by atomic mass is 10.3. The average molecular weight is 205 g/mol. The molecule has 0 radical (unpaired) electrons. The average Bonchev–Trinajstić information content (AvgIpc) is 2.64. The molecule has 0 aromatic carbocycles. The van der Waals surface area contributed by atoms with E-state index < -0.39 is 0 Å². The summed E-state index contributed by atoms with van der Waals surface area (Å²) in [7, 11) is 3.40. The first-order valence-corrected chi connectivity index (χ1v) is 4.36. The van der Waals surface area contributed by atoms with Crippen LogP contribution in [0, 0.1) is 0 Å². The maximum atomic E-state index is 5.67. The minimum absolute atomic E-state index is 0.311. The Morgan fingerprint density at radius 2 is 2.13 bits per heavy atom. The van der Waals surface area contributed by atoms with Gasteiger partial charge in [-0.25, -0.2) is 15.0 Å². The van der Waals surface area contributed by atoms with Gasteiger partial charge in [0.15, 0.2) is 23.1 Å². The lowest BCUT2D eigenvalue weighted by Gasteiger charge is -2.08. The van der Waals surface area contributed by atoms with Gasteiger partial charge in [0, 0.05) is 19.4 Å². The minimum Gasteiger partial charge on any atom is -0.491 e. The molecule has 2 heterocycles. The predicted octanol–water partition coefficient (Wildman–Crippen LogP) is 0.468. The van der Waals surface area contributed by atoms with Crippen molar-refractivity contribution >= 4 is 5.82 Å².